The Kier molecular flexibility index (Phi) is 4.68. The summed E-state index contributed by atoms with van der Waals surface area (Å²) in [7, 11) is 1.56. The second-order valence-electron chi connectivity index (χ2n) is 5.02. The van der Waals surface area contributed by atoms with E-state index in [1.807, 2.05) is 12.1 Å². The molecule has 2 heterocycles. The van der Waals surface area contributed by atoms with E-state index in [9.17, 15) is 4.79 Å². The van der Waals surface area contributed by atoms with Crippen LogP contribution in [0.5, 0.6) is 5.75 Å². The Hall–Kier alpha value is -2.67. The van der Waals surface area contributed by atoms with Crippen molar-refractivity contribution in [3.05, 3.63) is 42.4 Å². The lowest BCUT2D eigenvalue weighted by molar-refractivity contribution is 0.102. The third kappa shape index (κ3) is 3.57. The van der Waals surface area contributed by atoms with Crippen LogP contribution in [0, 0.1) is 0 Å². The number of rotatable bonds is 4. The summed E-state index contributed by atoms with van der Waals surface area (Å²) in [4.78, 5) is 22.8. The van der Waals surface area contributed by atoms with E-state index in [4.69, 9.17) is 9.47 Å². The van der Waals surface area contributed by atoms with E-state index in [0.29, 0.717) is 30.3 Å². The minimum Gasteiger partial charge on any atom is -0.495 e. The summed E-state index contributed by atoms with van der Waals surface area (Å²) in [6, 6.07) is 8.93. The number of nitrogens with zero attached hydrogens (tertiary/aromatic N) is 3. The average Bonchev–Trinajstić information content (AvgIpc) is 2.63. The van der Waals surface area contributed by atoms with E-state index in [0.717, 1.165) is 18.9 Å². The number of carbonyl (C=O) groups is 1. The number of aromatic nitrogens is 2. The highest BCUT2D eigenvalue weighted by atomic mass is 16.5. The molecule has 7 nitrogen and oxygen atoms in total. The van der Waals surface area contributed by atoms with Crippen LogP contribution in [0.2, 0.25) is 0 Å². The van der Waals surface area contributed by atoms with Gasteiger partial charge in [0.25, 0.3) is 5.91 Å². The molecule has 7 heteroatoms. The van der Waals surface area contributed by atoms with E-state index in [1.165, 1.54) is 6.33 Å². The number of nitrogens with one attached hydrogen (secondary N) is 1. The van der Waals surface area contributed by atoms with Crippen molar-refractivity contribution >= 4 is 17.4 Å². The Labute approximate surface area is 134 Å². The van der Waals surface area contributed by atoms with Gasteiger partial charge in [-0.1, -0.05) is 12.1 Å². The Morgan fingerprint density at radius 3 is 2.83 bits per heavy atom. The van der Waals surface area contributed by atoms with Crippen molar-refractivity contribution in [3.63, 3.8) is 0 Å². The van der Waals surface area contributed by atoms with Crippen molar-refractivity contribution in [1.82, 2.24) is 9.97 Å². The molecule has 1 aliphatic rings. The van der Waals surface area contributed by atoms with E-state index < -0.39 is 0 Å². The van der Waals surface area contributed by atoms with Gasteiger partial charge in [-0.3, -0.25) is 4.79 Å². The fraction of sp³-hybridized carbons (Fsp3) is 0.312. The van der Waals surface area contributed by atoms with E-state index >= 15 is 0 Å². The zero-order valence-electron chi connectivity index (χ0n) is 12.9. The molecule has 0 radical (unpaired) electrons. The first-order chi connectivity index (χ1) is 11.3. The number of ether oxygens (including phenoxy) is 2. The van der Waals surface area contributed by atoms with Crippen molar-refractivity contribution < 1.29 is 14.3 Å². The minimum atomic E-state index is -0.300. The molecule has 0 unspecified atom stereocenters. The summed E-state index contributed by atoms with van der Waals surface area (Å²) in [5.74, 6) is 1.03. The molecule has 1 aromatic heterocycles. The summed E-state index contributed by atoms with van der Waals surface area (Å²) in [6.45, 7) is 2.83. The van der Waals surface area contributed by atoms with Crippen molar-refractivity contribution in [3.8, 4) is 5.75 Å². The predicted octanol–water partition coefficient (Wildman–Crippen LogP) is 1.57. The molecule has 3 rings (SSSR count). The van der Waals surface area contributed by atoms with Crippen molar-refractivity contribution in [2.24, 2.45) is 0 Å². The number of benzene rings is 1. The molecule has 0 saturated carbocycles. The molecule has 0 aliphatic carbocycles. The van der Waals surface area contributed by atoms with Gasteiger partial charge in [-0.05, 0) is 12.1 Å². The second-order valence-corrected chi connectivity index (χ2v) is 5.02. The van der Waals surface area contributed by atoms with Crippen molar-refractivity contribution in [1.29, 1.82) is 0 Å². The fourth-order valence-electron chi connectivity index (χ4n) is 2.37. The lowest BCUT2D eigenvalue weighted by atomic mass is 10.2. The fourth-order valence-corrected chi connectivity index (χ4v) is 2.37. The molecule has 0 atom stereocenters. The SMILES string of the molecule is COc1ccccc1NC(=O)c1cc(N2CCOCC2)ncn1. The molecule has 1 aliphatic heterocycles. The van der Waals surface area contributed by atoms with Gasteiger partial charge in [-0.25, -0.2) is 9.97 Å². The zero-order valence-corrected chi connectivity index (χ0v) is 12.9. The van der Waals surface area contributed by atoms with Gasteiger partial charge in [0.15, 0.2) is 0 Å². The van der Waals surface area contributed by atoms with Gasteiger partial charge in [0.1, 0.15) is 23.6 Å². The molecule has 23 heavy (non-hydrogen) atoms. The number of carbonyl (C=O) groups excluding carboxylic acids is 1. The summed E-state index contributed by atoms with van der Waals surface area (Å²) in [5, 5.41) is 2.81. The smallest absolute Gasteiger partial charge is 0.274 e. The lowest BCUT2D eigenvalue weighted by Gasteiger charge is -2.27. The highest BCUT2D eigenvalue weighted by Crippen LogP contribution is 2.23. The predicted molar refractivity (Wildman–Crippen MR) is 86.0 cm³/mol. The third-order valence-electron chi connectivity index (χ3n) is 3.58. The molecule has 0 bridgehead atoms. The van der Waals surface area contributed by atoms with Crippen LogP contribution in [0.4, 0.5) is 11.5 Å². The normalized spacial score (nSPS) is 14.4. The van der Waals surface area contributed by atoms with Crippen LogP contribution in [0.3, 0.4) is 0 Å². The van der Waals surface area contributed by atoms with Gasteiger partial charge in [0, 0.05) is 19.2 Å². The number of methoxy groups -OCH3 is 1. The average molecular weight is 314 g/mol. The van der Waals surface area contributed by atoms with Crippen LogP contribution in [0.15, 0.2) is 36.7 Å². The van der Waals surface area contributed by atoms with Crippen LogP contribution in [-0.2, 0) is 4.74 Å². The second kappa shape index (κ2) is 7.06. The summed E-state index contributed by atoms with van der Waals surface area (Å²) < 4.78 is 10.6. The van der Waals surface area contributed by atoms with Crippen molar-refractivity contribution in [2.75, 3.05) is 43.6 Å². The third-order valence-corrected chi connectivity index (χ3v) is 3.58. The Morgan fingerprint density at radius 2 is 2.04 bits per heavy atom. The first-order valence-corrected chi connectivity index (χ1v) is 7.37. The maximum Gasteiger partial charge on any atom is 0.274 e. The number of para-hydroxylation sites is 2. The molecule has 1 amide bonds. The lowest BCUT2D eigenvalue weighted by Crippen LogP contribution is -2.37. The number of morpholine rings is 1. The Balaban J connectivity index is 1.77. The standard InChI is InChI=1S/C16H18N4O3/c1-22-14-5-3-2-4-12(14)19-16(21)13-10-15(18-11-17-13)20-6-8-23-9-7-20/h2-5,10-11H,6-9H2,1H3,(H,19,21). The molecule has 120 valence electrons. The van der Waals surface area contributed by atoms with Gasteiger partial charge in [0.2, 0.25) is 0 Å². The quantitative estimate of drug-likeness (QED) is 0.923. The van der Waals surface area contributed by atoms with Gasteiger partial charge >= 0.3 is 0 Å². The molecule has 0 spiro atoms. The van der Waals surface area contributed by atoms with Crippen molar-refractivity contribution in [2.45, 2.75) is 0 Å². The van der Waals surface area contributed by atoms with E-state index in [2.05, 4.69) is 20.2 Å². The number of anilines is 2. The monoisotopic (exact) mass is 314 g/mol. The van der Waals surface area contributed by atoms with Crippen LogP contribution in [0.1, 0.15) is 10.5 Å². The highest BCUT2D eigenvalue weighted by molar-refractivity contribution is 6.04. The first kappa shape index (κ1) is 15.2. The Morgan fingerprint density at radius 1 is 1.26 bits per heavy atom. The van der Waals surface area contributed by atoms with Crippen LogP contribution in [-0.4, -0.2) is 49.3 Å². The molecule has 1 saturated heterocycles. The topological polar surface area (TPSA) is 76.6 Å². The van der Waals surface area contributed by atoms with Crippen LogP contribution in [0.25, 0.3) is 0 Å². The molecule has 1 aromatic carbocycles. The highest BCUT2D eigenvalue weighted by Gasteiger charge is 2.16. The van der Waals surface area contributed by atoms with E-state index in [-0.39, 0.29) is 5.91 Å². The maximum atomic E-state index is 12.4. The number of hydrogen-bond acceptors (Lipinski definition) is 6. The summed E-state index contributed by atoms with van der Waals surface area (Å²) in [6.07, 6.45) is 1.40. The van der Waals surface area contributed by atoms with E-state index in [1.54, 1.807) is 25.3 Å². The minimum absolute atomic E-state index is 0.300. The summed E-state index contributed by atoms with van der Waals surface area (Å²) >= 11 is 0. The van der Waals surface area contributed by atoms with Gasteiger partial charge in [-0.2, -0.15) is 0 Å². The first-order valence-electron chi connectivity index (χ1n) is 7.37. The molecular weight excluding hydrogens is 296 g/mol. The zero-order chi connectivity index (χ0) is 16.1. The molecule has 2 aromatic rings. The van der Waals surface area contributed by atoms with Gasteiger partial charge in [0.05, 0.1) is 26.0 Å². The molecular formula is C16H18N4O3. The number of amides is 1. The Bertz CT molecular complexity index is 687. The van der Waals surface area contributed by atoms with Gasteiger partial charge in [-0.15, -0.1) is 0 Å². The molecule has 1 N–H and O–H groups in total. The van der Waals surface area contributed by atoms with Crippen LogP contribution >= 0.6 is 0 Å². The largest absolute Gasteiger partial charge is 0.495 e. The molecule has 1 fully saturated rings. The van der Waals surface area contributed by atoms with Crippen LogP contribution < -0.4 is 15.0 Å². The summed E-state index contributed by atoms with van der Waals surface area (Å²) in [5.41, 5.74) is 0.916. The number of hydrogen-bond donors (Lipinski definition) is 1. The maximum absolute atomic E-state index is 12.4. The van der Waals surface area contributed by atoms with Gasteiger partial charge < -0.3 is 19.7 Å².